The molecular formula is C30H24ClN3O4. The third kappa shape index (κ3) is 5.23. The minimum Gasteiger partial charge on any atom is -0.493 e. The number of hydrogen-bond acceptors (Lipinski definition) is 5. The van der Waals surface area contributed by atoms with Crippen LogP contribution >= 0.6 is 11.6 Å². The first kappa shape index (κ1) is 25.0. The summed E-state index contributed by atoms with van der Waals surface area (Å²) in [6.45, 7) is 0.296. The first-order chi connectivity index (χ1) is 18.5. The van der Waals surface area contributed by atoms with Gasteiger partial charge in [-0.1, -0.05) is 54.1 Å². The fourth-order valence-corrected chi connectivity index (χ4v) is 4.45. The van der Waals surface area contributed by atoms with Gasteiger partial charge in [0.05, 0.1) is 24.4 Å². The fourth-order valence-electron chi connectivity index (χ4n) is 4.26. The maximum absolute atomic E-state index is 12.9. The van der Waals surface area contributed by atoms with Crippen molar-refractivity contribution in [1.82, 2.24) is 9.99 Å². The Hall–Kier alpha value is -4.62. The van der Waals surface area contributed by atoms with E-state index < -0.39 is 0 Å². The molecule has 4 aromatic carbocycles. The topological polar surface area (TPSA) is 81.9 Å². The average Bonchev–Trinajstić information content (AvgIpc) is 2.95. The lowest BCUT2D eigenvalue weighted by Gasteiger charge is -2.14. The highest BCUT2D eigenvalue weighted by molar-refractivity contribution is 6.31. The maximum Gasteiger partial charge on any atom is 0.260 e. The smallest absolute Gasteiger partial charge is 0.260 e. The lowest BCUT2D eigenvalue weighted by molar-refractivity contribution is -0.121. The SMILES string of the molecule is COc1cc(/C=N/NC(=O)Cn2c3ccccc3c(=O)c3ccccc32)ccc1OCc1ccccc1Cl. The summed E-state index contributed by atoms with van der Waals surface area (Å²) in [5, 5.41) is 5.87. The Morgan fingerprint density at radius 3 is 2.26 bits per heavy atom. The first-order valence-corrected chi connectivity index (χ1v) is 12.3. The average molecular weight is 526 g/mol. The van der Waals surface area contributed by atoms with E-state index >= 15 is 0 Å². The van der Waals surface area contributed by atoms with Gasteiger partial charge in [0.25, 0.3) is 5.91 Å². The number of benzene rings is 4. The number of methoxy groups -OCH3 is 1. The molecule has 5 aromatic rings. The Labute approximate surface area is 223 Å². The van der Waals surface area contributed by atoms with Gasteiger partial charge in [0, 0.05) is 21.4 Å². The monoisotopic (exact) mass is 525 g/mol. The second-order valence-corrected chi connectivity index (χ2v) is 8.94. The molecule has 0 aliphatic carbocycles. The van der Waals surface area contributed by atoms with E-state index in [4.69, 9.17) is 21.1 Å². The number of nitrogens with one attached hydrogen (secondary N) is 1. The molecule has 1 aromatic heterocycles. The van der Waals surface area contributed by atoms with Gasteiger partial charge >= 0.3 is 0 Å². The van der Waals surface area contributed by atoms with Crippen LogP contribution in [-0.4, -0.2) is 23.8 Å². The number of carbonyl (C=O) groups is 1. The van der Waals surface area contributed by atoms with Crippen molar-refractivity contribution < 1.29 is 14.3 Å². The van der Waals surface area contributed by atoms with Gasteiger partial charge in [0.15, 0.2) is 16.9 Å². The number of aromatic nitrogens is 1. The molecule has 0 aliphatic heterocycles. The van der Waals surface area contributed by atoms with Gasteiger partial charge < -0.3 is 14.0 Å². The molecule has 1 heterocycles. The van der Waals surface area contributed by atoms with Gasteiger partial charge in [0.1, 0.15) is 13.2 Å². The Morgan fingerprint density at radius 1 is 0.921 bits per heavy atom. The number of ether oxygens (including phenoxy) is 2. The molecule has 7 nitrogen and oxygen atoms in total. The van der Waals surface area contributed by atoms with E-state index in [1.807, 2.05) is 71.3 Å². The molecule has 1 amide bonds. The highest BCUT2D eigenvalue weighted by atomic mass is 35.5. The molecule has 190 valence electrons. The molecular weight excluding hydrogens is 502 g/mol. The fraction of sp³-hybridized carbons (Fsp3) is 0.100. The highest BCUT2D eigenvalue weighted by Gasteiger charge is 2.13. The van der Waals surface area contributed by atoms with Crippen molar-refractivity contribution in [3.05, 3.63) is 117 Å². The van der Waals surface area contributed by atoms with E-state index in [0.717, 1.165) is 5.56 Å². The van der Waals surface area contributed by atoms with E-state index in [0.29, 0.717) is 50.5 Å². The number of halogens is 1. The van der Waals surface area contributed by atoms with Gasteiger partial charge in [-0.2, -0.15) is 5.10 Å². The molecule has 0 aliphatic rings. The van der Waals surface area contributed by atoms with Crippen molar-refractivity contribution in [2.24, 2.45) is 5.10 Å². The van der Waals surface area contributed by atoms with E-state index in [9.17, 15) is 9.59 Å². The molecule has 38 heavy (non-hydrogen) atoms. The Kier molecular flexibility index (Phi) is 7.38. The Balaban J connectivity index is 1.30. The van der Waals surface area contributed by atoms with E-state index in [1.54, 1.807) is 31.4 Å². The van der Waals surface area contributed by atoms with Crippen LogP contribution in [0.4, 0.5) is 0 Å². The number of pyridine rings is 1. The summed E-state index contributed by atoms with van der Waals surface area (Å²) in [4.78, 5) is 25.7. The van der Waals surface area contributed by atoms with Crippen LogP contribution in [0.3, 0.4) is 0 Å². The van der Waals surface area contributed by atoms with Gasteiger partial charge in [-0.05, 0) is 54.1 Å². The third-order valence-electron chi connectivity index (χ3n) is 6.11. The zero-order valence-corrected chi connectivity index (χ0v) is 21.3. The molecule has 0 radical (unpaired) electrons. The minimum atomic E-state index is -0.327. The summed E-state index contributed by atoms with van der Waals surface area (Å²) in [5.74, 6) is 0.760. The summed E-state index contributed by atoms with van der Waals surface area (Å²) in [6, 6.07) is 27.4. The van der Waals surface area contributed by atoms with E-state index in [-0.39, 0.29) is 17.9 Å². The van der Waals surface area contributed by atoms with Gasteiger partial charge in [-0.3, -0.25) is 9.59 Å². The lowest BCUT2D eigenvalue weighted by atomic mass is 10.1. The molecule has 0 saturated carbocycles. The number of para-hydroxylation sites is 2. The number of hydrogen-bond donors (Lipinski definition) is 1. The summed E-state index contributed by atoms with van der Waals surface area (Å²) in [5.41, 5.74) is 5.47. The quantitative estimate of drug-likeness (QED) is 0.164. The molecule has 8 heteroatoms. The van der Waals surface area contributed by atoms with Crippen molar-refractivity contribution >= 4 is 45.5 Å². The largest absolute Gasteiger partial charge is 0.493 e. The zero-order chi connectivity index (χ0) is 26.5. The van der Waals surface area contributed by atoms with Crippen molar-refractivity contribution in [3.8, 4) is 11.5 Å². The van der Waals surface area contributed by atoms with Crippen LogP contribution < -0.4 is 20.3 Å². The maximum atomic E-state index is 12.9. The van der Waals surface area contributed by atoms with Crippen molar-refractivity contribution in [1.29, 1.82) is 0 Å². The second-order valence-electron chi connectivity index (χ2n) is 8.53. The summed E-state index contributed by atoms with van der Waals surface area (Å²) in [7, 11) is 1.55. The van der Waals surface area contributed by atoms with Crippen LogP contribution in [0.25, 0.3) is 21.8 Å². The minimum absolute atomic E-state index is 0.00318. The van der Waals surface area contributed by atoms with Crippen LogP contribution in [0.1, 0.15) is 11.1 Å². The van der Waals surface area contributed by atoms with Gasteiger partial charge in [-0.25, -0.2) is 5.43 Å². The molecule has 0 unspecified atom stereocenters. The Bertz CT molecular complexity index is 1670. The van der Waals surface area contributed by atoms with Crippen LogP contribution in [-0.2, 0) is 17.9 Å². The van der Waals surface area contributed by atoms with Crippen LogP contribution in [0.5, 0.6) is 11.5 Å². The predicted octanol–water partition coefficient (Wildman–Crippen LogP) is 5.55. The van der Waals surface area contributed by atoms with Crippen LogP contribution in [0.15, 0.2) is 101 Å². The van der Waals surface area contributed by atoms with Crippen molar-refractivity contribution in [2.75, 3.05) is 7.11 Å². The molecule has 0 saturated heterocycles. The van der Waals surface area contributed by atoms with E-state index in [2.05, 4.69) is 10.5 Å². The number of nitrogens with zero attached hydrogens (tertiary/aromatic N) is 2. The van der Waals surface area contributed by atoms with Crippen LogP contribution in [0.2, 0.25) is 5.02 Å². The summed E-state index contributed by atoms with van der Waals surface area (Å²) in [6.07, 6.45) is 1.53. The van der Waals surface area contributed by atoms with Crippen molar-refractivity contribution in [3.63, 3.8) is 0 Å². The molecule has 0 bridgehead atoms. The zero-order valence-electron chi connectivity index (χ0n) is 20.6. The standard InChI is InChI=1S/C30H24ClN3O4/c1-37-28-16-20(14-15-27(28)38-19-21-8-2-5-11-24(21)31)17-32-33-29(35)18-34-25-12-6-3-9-22(25)30(36)23-10-4-7-13-26(23)34/h2-17H,18-19H2,1H3,(H,33,35)/b32-17+. The summed E-state index contributed by atoms with van der Waals surface area (Å²) < 4.78 is 13.2. The molecule has 0 atom stereocenters. The normalized spacial score (nSPS) is 11.2. The third-order valence-corrected chi connectivity index (χ3v) is 6.48. The van der Waals surface area contributed by atoms with Crippen LogP contribution in [0, 0.1) is 0 Å². The molecule has 0 fully saturated rings. The molecule has 1 N–H and O–H groups in total. The number of rotatable bonds is 8. The highest BCUT2D eigenvalue weighted by Crippen LogP contribution is 2.29. The number of hydrazone groups is 1. The summed E-state index contributed by atoms with van der Waals surface area (Å²) >= 11 is 6.21. The Morgan fingerprint density at radius 2 is 1.58 bits per heavy atom. The van der Waals surface area contributed by atoms with Crippen molar-refractivity contribution in [2.45, 2.75) is 13.2 Å². The second kappa shape index (κ2) is 11.2. The first-order valence-electron chi connectivity index (χ1n) is 11.9. The molecule has 0 spiro atoms. The lowest BCUT2D eigenvalue weighted by Crippen LogP contribution is -2.25. The molecule has 5 rings (SSSR count). The predicted molar refractivity (Wildman–Crippen MR) is 150 cm³/mol. The number of fused-ring (bicyclic) bond motifs is 2. The number of amides is 1. The van der Waals surface area contributed by atoms with Gasteiger partial charge in [-0.15, -0.1) is 0 Å². The number of carbonyl (C=O) groups excluding carboxylic acids is 1. The van der Waals surface area contributed by atoms with E-state index in [1.165, 1.54) is 6.21 Å². The van der Waals surface area contributed by atoms with Gasteiger partial charge in [0.2, 0.25) is 0 Å².